The molecule has 0 radical (unpaired) electrons. The van der Waals surface area contributed by atoms with E-state index in [-0.39, 0.29) is 0 Å². The summed E-state index contributed by atoms with van der Waals surface area (Å²) in [7, 11) is 0. The molecule has 2 rings (SSSR count). The van der Waals surface area contributed by atoms with Crippen LogP contribution in [0.3, 0.4) is 0 Å². The fourth-order valence-electron chi connectivity index (χ4n) is 3.27. The smallest absolute Gasteiger partial charge is 0.0244 e. The molecular weight excluding hydrogens is 196 g/mol. The zero-order valence-corrected chi connectivity index (χ0v) is 11.5. The van der Waals surface area contributed by atoms with E-state index in [0.29, 0.717) is 17.0 Å². The maximum atomic E-state index is 3.69. The monoisotopic (exact) mass is 224 g/mol. The molecule has 1 aliphatic heterocycles. The van der Waals surface area contributed by atoms with E-state index in [1.165, 1.54) is 38.8 Å². The fraction of sp³-hybridized carbons (Fsp3) is 1.00. The van der Waals surface area contributed by atoms with Crippen LogP contribution in [0.25, 0.3) is 0 Å². The molecule has 0 aromatic rings. The van der Waals surface area contributed by atoms with Gasteiger partial charge in [0.25, 0.3) is 0 Å². The normalized spacial score (nSPS) is 31.9. The first-order chi connectivity index (χ1) is 7.42. The third-order valence-corrected chi connectivity index (χ3v) is 4.66. The van der Waals surface area contributed by atoms with Crippen molar-refractivity contribution in [2.24, 2.45) is 5.41 Å². The molecule has 1 unspecified atom stereocenters. The predicted octanol–water partition coefficient (Wildman–Crippen LogP) is 2.64. The van der Waals surface area contributed by atoms with Crippen LogP contribution >= 0.6 is 0 Å². The molecule has 1 saturated heterocycles. The number of piperazine rings is 1. The molecule has 16 heavy (non-hydrogen) atoms. The Hall–Kier alpha value is -0.0800. The summed E-state index contributed by atoms with van der Waals surface area (Å²) in [6, 6.07) is 0.652. The van der Waals surface area contributed by atoms with Crippen molar-refractivity contribution in [1.29, 1.82) is 0 Å². The minimum atomic E-state index is 0.383. The summed E-state index contributed by atoms with van der Waals surface area (Å²) in [4.78, 5) is 2.76. The summed E-state index contributed by atoms with van der Waals surface area (Å²) in [6.45, 7) is 13.2. The van der Waals surface area contributed by atoms with E-state index in [4.69, 9.17) is 0 Å². The molecule has 2 nitrogen and oxygen atoms in total. The van der Waals surface area contributed by atoms with Crippen molar-refractivity contribution in [2.45, 2.75) is 65.0 Å². The van der Waals surface area contributed by atoms with E-state index >= 15 is 0 Å². The van der Waals surface area contributed by atoms with Crippen molar-refractivity contribution < 1.29 is 0 Å². The van der Waals surface area contributed by atoms with Crippen molar-refractivity contribution in [1.82, 2.24) is 10.2 Å². The molecule has 2 heteroatoms. The topological polar surface area (TPSA) is 15.3 Å². The van der Waals surface area contributed by atoms with Gasteiger partial charge in [-0.05, 0) is 25.2 Å². The quantitative estimate of drug-likeness (QED) is 0.736. The van der Waals surface area contributed by atoms with Crippen molar-refractivity contribution in [3.8, 4) is 0 Å². The molecule has 0 aromatic heterocycles. The van der Waals surface area contributed by atoms with E-state index in [9.17, 15) is 0 Å². The van der Waals surface area contributed by atoms with E-state index in [1.807, 2.05) is 0 Å². The van der Waals surface area contributed by atoms with Crippen LogP contribution in [0.2, 0.25) is 0 Å². The third-order valence-electron chi connectivity index (χ3n) is 4.66. The van der Waals surface area contributed by atoms with Gasteiger partial charge in [-0.25, -0.2) is 0 Å². The van der Waals surface area contributed by atoms with Crippen LogP contribution in [0, 0.1) is 5.41 Å². The fourth-order valence-corrected chi connectivity index (χ4v) is 3.27. The van der Waals surface area contributed by atoms with Gasteiger partial charge in [-0.2, -0.15) is 0 Å². The summed E-state index contributed by atoms with van der Waals surface area (Å²) in [6.07, 6.45) is 5.68. The lowest BCUT2D eigenvalue weighted by Crippen LogP contribution is -2.61. The number of hydrogen-bond acceptors (Lipinski definition) is 2. The summed E-state index contributed by atoms with van der Waals surface area (Å²) >= 11 is 0. The zero-order chi connectivity index (χ0) is 11.8. The second-order valence-electron chi connectivity index (χ2n) is 7.02. The van der Waals surface area contributed by atoms with Crippen LogP contribution in [-0.4, -0.2) is 36.1 Å². The van der Waals surface area contributed by atoms with Crippen LogP contribution in [0.1, 0.15) is 53.4 Å². The maximum Gasteiger partial charge on any atom is 0.0244 e. The first-order valence-electron chi connectivity index (χ1n) is 6.90. The molecular formula is C14H28N2. The lowest BCUT2D eigenvalue weighted by molar-refractivity contribution is 0.0466. The van der Waals surface area contributed by atoms with Crippen LogP contribution in [0.4, 0.5) is 0 Å². The van der Waals surface area contributed by atoms with Crippen molar-refractivity contribution in [2.75, 3.05) is 19.6 Å². The van der Waals surface area contributed by atoms with Crippen LogP contribution < -0.4 is 5.32 Å². The van der Waals surface area contributed by atoms with E-state index < -0.39 is 0 Å². The highest BCUT2D eigenvalue weighted by Crippen LogP contribution is 2.36. The highest BCUT2D eigenvalue weighted by Gasteiger charge is 2.39. The Morgan fingerprint density at radius 3 is 2.38 bits per heavy atom. The molecule has 0 bridgehead atoms. The van der Waals surface area contributed by atoms with Gasteiger partial charge in [0.05, 0.1) is 0 Å². The lowest BCUT2D eigenvalue weighted by atomic mass is 9.84. The van der Waals surface area contributed by atoms with E-state index in [0.717, 1.165) is 6.54 Å². The molecule has 1 N–H and O–H groups in total. The first-order valence-corrected chi connectivity index (χ1v) is 6.90. The molecule has 2 aliphatic rings. The zero-order valence-electron chi connectivity index (χ0n) is 11.5. The van der Waals surface area contributed by atoms with Crippen LogP contribution in [-0.2, 0) is 0 Å². The molecule has 94 valence electrons. The number of nitrogens with zero attached hydrogens (tertiary/aromatic N) is 1. The third kappa shape index (κ3) is 2.43. The second-order valence-corrected chi connectivity index (χ2v) is 7.02. The standard InChI is InChI=1S/C14H28N2/c1-13(2,3)12-11-16(10-9-15-12)14(4)7-5-6-8-14/h12,15H,5-11H2,1-4H3. The highest BCUT2D eigenvalue weighted by atomic mass is 15.3. The minimum Gasteiger partial charge on any atom is -0.311 e. The summed E-state index contributed by atoms with van der Waals surface area (Å²) in [5.74, 6) is 0. The number of nitrogens with one attached hydrogen (secondary N) is 1. The van der Waals surface area contributed by atoms with E-state index in [2.05, 4.69) is 37.9 Å². The largest absolute Gasteiger partial charge is 0.311 e. The van der Waals surface area contributed by atoms with Gasteiger partial charge in [-0.15, -0.1) is 0 Å². The van der Waals surface area contributed by atoms with Gasteiger partial charge in [0.1, 0.15) is 0 Å². The molecule has 1 atom stereocenters. The predicted molar refractivity (Wildman–Crippen MR) is 69.7 cm³/mol. The van der Waals surface area contributed by atoms with Gasteiger partial charge < -0.3 is 5.32 Å². The van der Waals surface area contributed by atoms with Gasteiger partial charge in [-0.1, -0.05) is 33.6 Å². The average molecular weight is 224 g/mol. The second kappa shape index (κ2) is 4.30. The van der Waals surface area contributed by atoms with Crippen molar-refractivity contribution in [3.05, 3.63) is 0 Å². The summed E-state index contributed by atoms with van der Waals surface area (Å²) < 4.78 is 0. The maximum absolute atomic E-state index is 3.69. The Balaban J connectivity index is 2.01. The van der Waals surface area contributed by atoms with Gasteiger partial charge in [0, 0.05) is 31.2 Å². The number of hydrogen-bond donors (Lipinski definition) is 1. The van der Waals surface area contributed by atoms with Gasteiger partial charge in [0.15, 0.2) is 0 Å². The molecule has 1 heterocycles. The van der Waals surface area contributed by atoms with Gasteiger partial charge in [0.2, 0.25) is 0 Å². The Bertz CT molecular complexity index is 236. The Morgan fingerprint density at radius 2 is 1.81 bits per heavy atom. The van der Waals surface area contributed by atoms with Crippen LogP contribution in [0.5, 0.6) is 0 Å². The molecule has 0 amide bonds. The molecule has 0 aromatic carbocycles. The van der Waals surface area contributed by atoms with E-state index in [1.54, 1.807) is 0 Å². The SMILES string of the molecule is CC(C)(C)C1CN(C2(C)CCCC2)CCN1. The van der Waals surface area contributed by atoms with Crippen molar-refractivity contribution >= 4 is 0 Å². The van der Waals surface area contributed by atoms with Crippen LogP contribution in [0.15, 0.2) is 0 Å². The van der Waals surface area contributed by atoms with Crippen molar-refractivity contribution in [3.63, 3.8) is 0 Å². The molecule has 1 saturated carbocycles. The summed E-state index contributed by atoms with van der Waals surface area (Å²) in [5.41, 5.74) is 0.888. The van der Waals surface area contributed by atoms with Gasteiger partial charge in [-0.3, -0.25) is 4.90 Å². The molecule has 2 fully saturated rings. The molecule has 1 aliphatic carbocycles. The Kier molecular flexibility index (Phi) is 3.33. The average Bonchev–Trinajstić information content (AvgIpc) is 2.66. The first kappa shape index (κ1) is 12.4. The Morgan fingerprint density at radius 1 is 1.19 bits per heavy atom. The van der Waals surface area contributed by atoms with Gasteiger partial charge >= 0.3 is 0 Å². The summed E-state index contributed by atoms with van der Waals surface area (Å²) in [5, 5.41) is 3.69. The molecule has 0 spiro atoms. The lowest BCUT2D eigenvalue weighted by Gasteiger charge is -2.47. The minimum absolute atomic E-state index is 0.383. The highest BCUT2D eigenvalue weighted by molar-refractivity contribution is 4.97. The Labute approximate surface area is 101 Å². The number of rotatable bonds is 1.